The van der Waals surface area contributed by atoms with Gasteiger partial charge >= 0.3 is 5.97 Å². The minimum atomic E-state index is -3.44. The molecule has 0 unspecified atom stereocenters. The molecule has 0 bridgehead atoms. The van der Waals surface area contributed by atoms with Crippen LogP contribution in [0, 0.1) is 0 Å². The van der Waals surface area contributed by atoms with Gasteiger partial charge in [-0.3, -0.25) is 9.59 Å². The number of rotatable bonds is 7. The van der Waals surface area contributed by atoms with Crippen molar-refractivity contribution in [1.29, 1.82) is 0 Å². The molecule has 1 amide bonds. The molecule has 6 nitrogen and oxygen atoms in total. The Hall–Kier alpha value is -2.38. The van der Waals surface area contributed by atoms with E-state index < -0.39 is 34.2 Å². The van der Waals surface area contributed by atoms with Crippen LogP contribution in [0.1, 0.15) is 24.8 Å². The first-order valence-electron chi connectivity index (χ1n) is 8.23. The van der Waals surface area contributed by atoms with Crippen LogP contribution in [0.2, 0.25) is 5.02 Å². The molecule has 0 saturated heterocycles. The average Bonchev–Trinajstić information content (AvgIpc) is 2.62. The summed E-state index contributed by atoms with van der Waals surface area (Å²) in [5, 5.41) is 2.64. The van der Waals surface area contributed by atoms with E-state index >= 15 is 0 Å². The van der Waals surface area contributed by atoms with E-state index in [4.69, 9.17) is 16.3 Å². The third-order valence-corrected chi connectivity index (χ3v) is 5.32. The number of esters is 1. The molecule has 0 heterocycles. The summed E-state index contributed by atoms with van der Waals surface area (Å²) in [6.45, 7) is 1.36. The Kier molecular flexibility index (Phi) is 6.98. The Bertz CT molecular complexity index is 928. The van der Waals surface area contributed by atoms with Crippen LogP contribution in [-0.4, -0.2) is 33.2 Å². The van der Waals surface area contributed by atoms with E-state index in [2.05, 4.69) is 5.32 Å². The fourth-order valence-corrected chi connectivity index (χ4v) is 3.29. The lowest BCUT2D eigenvalue weighted by molar-refractivity contribution is -0.149. The SMILES string of the molecule is CC[C@H](C(=O)OCC(=O)Nc1cc(S(C)(=O)=O)ccc1Cl)c1ccccc1. The number of hydrogen-bond donors (Lipinski definition) is 1. The van der Waals surface area contributed by atoms with Crippen molar-refractivity contribution < 1.29 is 22.7 Å². The maximum atomic E-state index is 12.3. The predicted molar refractivity (Wildman–Crippen MR) is 104 cm³/mol. The van der Waals surface area contributed by atoms with E-state index in [1.807, 2.05) is 37.3 Å². The smallest absolute Gasteiger partial charge is 0.313 e. The molecule has 144 valence electrons. The first-order valence-corrected chi connectivity index (χ1v) is 10.5. The third-order valence-electron chi connectivity index (χ3n) is 3.88. The molecule has 0 aliphatic carbocycles. The van der Waals surface area contributed by atoms with Crippen molar-refractivity contribution in [3.8, 4) is 0 Å². The number of carbonyl (C=O) groups is 2. The summed E-state index contributed by atoms with van der Waals surface area (Å²) in [5.41, 5.74) is 0.949. The van der Waals surface area contributed by atoms with Crippen molar-refractivity contribution in [2.24, 2.45) is 0 Å². The number of nitrogens with one attached hydrogen (secondary N) is 1. The van der Waals surface area contributed by atoms with Gasteiger partial charge in [-0.25, -0.2) is 8.42 Å². The normalized spacial score (nSPS) is 12.3. The Balaban J connectivity index is 2.01. The molecule has 0 aliphatic rings. The summed E-state index contributed by atoms with van der Waals surface area (Å²) in [4.78, 5) is 24.4. The molecule has 1 atom stereocenters. The van der Waals surface area contributed by atoms with Crippen molar-refractivity contribution in [2.45, 2.75) is 24.2 Å². The molecule has 0 aromatic heterocycles. The number of hydrogen-bond acceptors (Lipinski definition) is 5. The van der Waals surface area contributed by atoms with E-state index in [0.29, 0.717) is 6.42 Å². The van der Waals surface area contributed by atoms with Crippen LogP contribution < -0.4 is 5.32 Å². The standard InChI is InChI=1S/C19H20ClNO5S/c1-3-15(13-7-5-4-6-8-13)19(23)26-12-18(22)21-17-11-14(27(2,24)25)9-10-16(17)20/h4-11,15H,3,12H2,1-2H3,(H,21,22)/t15-/m0/s1. The van der Waals surface area contributed by atoms with Crippen molar-refractivity contribution in [1.82, 2.24) is 0 Å². The van der Waals surface area contributed by atoms with Gasteiger partial charge in [-0.15, -0.1) is 0 Å². The van der Waals surface area contributed by atoms with Gasteiger partial charge in [0, 0.05) is 6.26 Å². The van der Waals surface area contributed by atoms with Gasteiger partial charge in [0.05, 0.1) is 21.5 Å². The van der Waals surface area contributed by atoms with Crippen molar-refractivity contribution in [3.05, 3.63) is 59.1 Å². The van der Waals surface area contributed by atoms with E-state index in [-0.39, 0.29) is 15.6 Å². The molecule has 2 aromatic rings. The number of benzene rings is 2. The number of amides is 1. The van der Waals surface area contributed by atoms with E-state index in [1.165, 1.54) is 18.2 Å². The topological polar surface area (TPSA) is 89.5 Å². The Morgan fingerprint density at radius 2 is 1.81 bits per heavy atom. The van der Waals surface area contributed by atoms with Gasteiger partial charge in [-0.05, 0) is 30.2 Å². The maximum absolute atomic E-state index is 12.3. The molecule has 1 N–H and O–H groups in total. The van der Waals surface area contributed by atoms with Crippen LogP contribution in [0.15, 0.2) is 53.4 Å². The third kappa shape index (κ3) is 5.80. The summed E-state index contributed by atoms with van der Waals surface area (Å²) in [7, 11) is -3.44. The Morgan fingerprint density at radius 3 is 2.41 bits per heavy atom. The van der Waals surface area contributed by atoms with E-state index in [0.717, 1.165) is 11.8 Å². The fourth-order valence-electron chi connectivity index (χ4n) is 2.48. The minimum Gasteiger partial charge on any atom is -0.455 e. The van der Waals surface area contributed by atoms with Crippen molar-refractivity contribution in [3.63, 3.8) is 0 Å². The predicted octanol–water partition coefficient (Wildman–Crippen LogP) is 3.42. The number of ether oxygens (including phenoxy) is 1. The van der Waals surface area contributed by atoms with Gasteiger partial charge in [0.1, 0.15) is 0 Å². The summed E-state index contributed by atoms with van der Waals surface area (Å²) in [6, 6.07) is 13.1. The molecule has 0 radical (unpaired) electrons. The van der Waals surface area contributed by atoms with Crippen LogP contribution in [-0.2, 0) is 24.2 Å². The van der Waals surface area contributed by atoms with Gasteiger partial charge in [0.2, 0.25) is 0 Å². The van der Waals surface area contributed by atoms with Gasteiger partial charge in [0.15, 0.2) is 16.4 Å². The molecule has 0 aliphatic heterocycles. The van der Waals surface area contributed by atoms with Crippen LogP contribution in [0.4, 0.5) is 5.69 Å². The highest BCUT2D eigenvalue weighted by molar-refractivity contribution is 7.90. The molecule has 0 saturated carbocycles. The zero-order valence-electron chi connectivity index (χ0n) is 14.9. The number of sulfone groups is 1. The lowest BCUT2D eigenvalue weighted by Gasteiger charge is -2.15. The Labute approximate surface area is 163 Å². The molecular weight excluding hydrogens is 390 g/mol. The molecule has 0 fully saturated rings. The quantitative estimate of drug-likeness (QED) is 0.707. The molecular formula is C19H20ClNO5S. The lowest BCUT2D eigenvalue weighted by atomic mass is 9.97. The van der Waals surface area contributed by atoms with Gasteiger partial charge in [-0.2, -0.15) is 0 Å². The minimum absolute atomic E-state index is 0.0225. The lowest BCUT2D eigenvalue weighted by Crippen LogP contribution is -2.24. The molecule has 2 aromatic carbocycles. The van der Waals surface area contributed by atoms with E-state index in [1.54, 1.807) is 0 Å². The second kappa shape index (κ2) is 9.01. The Morgan fingerprint density at radius 1 is 1.15 bits per heavy atom. The molecule has 2 rings (SSSR count). The molecule has 27 heavy (non-hydrogen) atoms. The maximum Gasteiger partial charge on any atom is 0.313 e. The molecule has 8 heteroatoms. The monoisotopic (exact) mass is 409 g/mol. The van der Waals surface area contributed by atoms with Crippen molar-refractivity contribution >= 4 is 39.0 Å². The first-order chi connectivity index (χ1) is 12.7. The zero-order chi connectivity index (χ0) is 20.0. The van der Waals surface area contributed by atoms with Crippen LogP contribution >= 0.6 is 11.6 Å². The molecule has 0 spiro atoms. The highest BCUT2D eigenvalue weighted by Gasteiger charge is 2.21. The fraction of sp³-hybridized carbons (Fsp3) is 0.263. The highest BCUT2D eigenvalue weighted by atomic mass is 35.5. The zero-order valence-corrected chi connectivity index (χ0v) is 16.5. The highest BCUT2D eigenvalue weighted by Crippen LogP contribution is 2.25. The number of anilines is 1. The van der Waals surface area contributed by atoms with Crippen LogP contribution in [0.25, 0.3) is 0 Å². The summed E-state index contributed by atoms with van der Waals surface area (Å²) < 4.78 is 28.3. The van der Waals surface area contributed by atoms with E-state index in [9.17, 15) is 18.0 Å². The first kappa shape index (κ1) is 20.9. The van der Waals surface area contributed by atoms with Gasteiger partial charge < -0.3 is 10.1 Å². The second-order valence-corrected chi connectivity index (χ2v) is 8.36. The van der Waals surface area contributed by atoms with Crippen molar-refractivity contribution in [2.75, 3.05) is 18.2 Å². The second-order valence-electron chi connectivity index (χ2n) is 5.94. The van der Waals surface area contributed by atoms with Crippen LogP contribution in [0.3, 0.4) is 0 Å². The van der Waals surface area contributed by atoms with Crippen LogP contribution in [0.5, 0.6) is 0 Å². The van der Waals surface area contributed by atoms with Gasteiger partial charge in [0.25, 0.3) is 5.91 Å². The summed E-state index contributed by atoms with van der Waals surface area (Å²) in [5.74, 6) is -1.58. The number of halogens is 1. The summed E-state index contributed by atoms with van der Waals surface area (Å²) in [6.07, 6.45) is 1.59. The summed E-state index contributed by atoms with van der Waals surface area (Å²) >= 11 is 5.99. The average molecular weight is 410 g/mol. The number of carbonyl (C=O) groups excluding carboxylic acids is 2. The largest absolute Gasteiger partial charge is 0.455 e. The van der Waals surface area contributed by atoms with Gasteiger partial charge in [-0.1, -0.05) is 48.9 Å².